The Labute approximate surface area is 81.8 Å². The number of thiophene rings is 1. The predicted molar refractivity (Wildman–Crippen MR) is 49.4 cm³/mol. The van der Waals surface area contributed by atoms with Gasteiger partial charge in [0.2, 0.25) is 0 Å². The van der Waals surface area contributed by atoms with Crippen LogP contribution in [0.1, 0.15) is 4.88 Å². The van der Waals surface area contributed by atoms with Crippen molar-refractivity contribution in [2.75, 3.05) is 0 Å². The third-order valence-electron chi connectivity index (χ3n) is 1.30. The first-order valence-electron chi connectivity index (χ1n) is 3.23. The van der Waals surface area contributed by atoms with E-state index >= 15 is 0 Å². The molecule has 0 aliphatic carbocycles. The topological polar surface area (TPSA) is 57.5 Å². The zero-order valence-corrected chi connectivity index (χ0v) is 8.43. The number of carboxylic acid groups (broad SMARTS) is 1. The summed E-state index contributed by atoms with van der Waals surface area (Å²) < 4.78 is 0.917. The molecular formula is C7H7BrO3S. The van der Waals surface area contributed by atoms with E-state index in [0.29, 0.717) is 0 Å². The van der Waals surface area contributed by atoms with Crippen LogP contribution in [0.5, 0.6) is 0 Å². The molecule has 0 saturated heterocycles. The molecule has 0 fully saturated rings. The lowest BCUT2D eigenvalue weighted by atomic mass is 10.2. The first kappa shape index (κ1) is 9.70. The van der Waals surface area contributed by atoms with Gasteiger partial charge in [-0.2, -0.15) is 0 Å². The second kappa shape index (κ2) is 4.02. The van der Waals surface area contributed by atoms with Crippen molar-refractivity contribution in [3.63, 3.8) is 0 Å². The lowest BCUT2D eigenvalue weighted by Crippen LogP contribution is -2.21. The normalized spacial score (nSPS) is 12.8. The van der Waals surface area contributed by atoms with Gasteiger partial charge in [0.15, 0.2) is 6.10 Å². The summed E-state index contributed by atoms with van der Waals surface area (Å²) in [5.41, 5.74) is 0. The number of hydrogen-bond donors (Lipinski definition) is 2. The van der Waals surface area contributed by atoms with E-state index in [0.717, 1.165) is 9.35 Å². The van der Waals surface area contributed by atoms with Gasteiger partial charge in [-0.1, -0.05) is 0 Å². The van der Waals surface area contributed by atoms with Crippen LogP contribution in [-0.4, -0.2) is 22.3 Å². The summed E-state index contributed by atoms with van der Waals surface area (Å²) in [6.07, 6.45) is -1.12. The molecule has 12 heavy (non-hydrogen) atoms. The number of carbonyl (C=O) groups is 1. The molecular weight excluding hydrogens is 244 g/mol. The highest BCUT2D eigenvalue weighted by Gasteiger charge is 2.14. The van der Waals surface area contributed by atoms with Crippen molar-refractivity contribution in [1.29, 1.82) is 0 Å². The fourth-order valence-corrected chi connectivity index (χ4v) is 2.23. The molecule has 66 valence electrons. The van der Waals surface area contributed by atoms with Crippen LogP contribution in [-0.2, 0) is 11.2 Å². The first-order valence-corrected chi connectivity index (χ1v) is 4.90. The molecule has 1 aromatic heterocycles. The first-order chi connectivity index (χ1) is 5.59. The van der Waals surface area contributed by atoms with Crippen molar-refractivity contribution in [3.8, 4) is 0 Å². The Bertz CT molecular complexity index is 284. The van der Waals surface area contributed by atoms with Crippen LogP contribution in [0.15, 0.2) is 15.9 Å². The van der Waals surface area contributed by atoms with E-state index in [-0.39, 0.29) is 6.42 Å². The van der Waals surface area contributed by atoms with E-state index in [4.69, 9.17) is 10.2 Å². The fourth-order valence-electron chi connectivity index (χ4n) is 0.739. The van der Waals surface area contributed by atoms with Crippen molar-refractivity contribution in [2.45, 2.75) is 12.5 Å². The Balaban J connectivity index is 2.58. The molecule has 1 heterocycles. The molecule has 0 spiro atoms. The van der Waals surface area contributed by atoms with Gasteiger partial charge >= 0.3 is 5.97 Å². The van der Waals surface area contributed by atoms with E-state index in [2.05, 4.69) is 15.9 Å². The smallest absolute Gasteiger partial charge is 0.332 e. The zero-order chi connectivity index (χ0) is 9.14. The van der Waals surface area contributed by atoms with Gasteiger partial charge in [0.1, 0.15) is 0 Å². The lowest BCUT2D eigenvalue weighted by molar-refractivity contribution is -0.146. The third kappa shape index (κ3) is 2.58. The number of halogens is 1. The van der Waals surface area contributed by atoms with Crippen molar-refractivity contribution >= 4 is 33.2 Å². The summed E-state index contributed by atoms with van der Waals surface area (Å²) in [5, 5.41) is 19.2. The van der Waals surface area contributed by atoms with Gasteiger partial charge in [0.05, 0.1) is 0 Å². The van der Waals surface area contributed by atoms with Crippen LogP contribution in [0.3, 0.4) is 0 Å². The fraction of sp³-hybridized carbons (Fsp3) is 0.286. The van der Waals surface area contributed by atoms with Crippen molar-refractivity contribution in [1.82, 2.24) is 0 Å². The van der Waals surface area contributed by atoms with E-state index in [1.807, 2.05) is 5.38 Å². The number of rotatable bonds is 3. The molecule has 3 nitrogen and oxygen atoms in total. The van der Waals surface area contributed by atoms with E-state index in [1.54, 1.807) is 6.07 Å². The van der Waals surface area contributed by atoms with Crippen LogP contribution in [0.2, 0.25) is 0 Å². The monoisotopic (exact) mass is 250 g/mol. The van der Waals surface area contributed by atoms with Gasteiger partial charge in [-0.25, -0.2) is 4.79 Å². The van der Waals surface area contributed by atoms with Crippen LogP contribution >= 0.6 is 27.3 Å². The molecule has 0 aliphatic heterocycles. The molecule has 0 amide bonds. The quantitative estimate of drug-likeness (QED) is 0.855. The maximum Gasteiger partial charge on any atom is 0.332 e. The Hall–Kier alpha value is -0.390. The predicted octanol–water partition coefficient (Wildman–Crippen LogP) is 1.50. The molecule has 0 radical (unpaired) electrons. The summed E-state index contributed by atoms with van der Waals surface area (Å²) in [7, 11) is 0. The van der Waals surface area contributed by atoms with Gasteiger partial charge in [0.25, 0.3) is 0 Å². The van der Waals surface area contributed by atoms with Gasteiger partial charge in [-0.3, -0.25) is 0 Å². The molecule has 0 bridgehead atoms. The van der Waals surface area contributed by atoms with Gasteiger partial charge < -0.3 is 10.2 Å². The highest BCUT2D eigenvalue weighted by atomic mass is 79.9. The van der Waals surface area contributed by atoms with Crippen LogP contribution < -0.4 is 0 Å². The number of aliphatic hydroxyl groups excluding tert-OH is 1. The van der Waals surface area contributed by atoms with E-state index in [1.165, 1.54) is 11.3 Å². The Morgan fingerprint density at radius 2 is 2.42 bits per heavy atom. The summed E-state index contributed by atoms with van der Waals surface area (Å²) in [5.74, 6) is -1.18. The zero-order valence-electron chi connectivity index (χ0n) is 6.03. The molecule has 0 aliphatic rings. The summed E-state index contributed by atoms with van der Waals surface area (Å²) in [6, 6.07) is 1.80. The van der Waals surface area contributed by atoms with Crippen molar-refractivity contribution < 1.29 is 15.0 Å². The summed E-state index contributed by atoms with van der Waals surface area (Å²) in [4.78, 5) is 11.1. The minimum atomic E-state index is -1.30. The maximum atomic E-state index is 10.3. The Kier molecular flexibility index (Phi) is 3.25. The highest BCUT2D eigenvalue weighted by Crippen LogP contribution is 2.20. The molecule has 0 saturated carbocycles. The SMILES string of the molecule is O=C(O)[C@H](O)Cc1cc(Br)cs1. The Morgan fingerprint density at radius 1 is 1.75 bits per heavy atom. The lowest BCUT2D eigenvalue weighted by Gasteiger charge is -2.01. The van der Waals surface area contributed by atoms with E-state index in [9.17, 15) is 4.79 Å². The molecule has 0 aromatic carbocycles. The maximum absolute atomic E-state index is 10.3. The number of aliphatic carboxylic acids is 1. The van der Waals surface area contributed by atoms with Gasteiger partial charge in [-0.15, -0.1) is 11.3 Å². The highest BCUT2D eigenvalue weighted by molar-refractivity contribution is 9.10. The number of carboxylic acids is 1. The minimum Gasteiger partial charge on any atom is -0.479 e. The average Bonchev–Trinajstić information content (AvgIpc) is 2.35. The largest absolute Gasteiger partial charge is 0.479 e. The van der Waals surface area contributed by atoms with Crippen LogP contribution in [0, 0.1) is 0 Å². The molecule has 1 aromatic rings. The standard InChI is InChI=1S/C7H7BrO3S/c8-4-1-5(12-3-4)2-6(9)7(10)11/h1,3,6,9H,2H2,(H,10,11)/t6-/m1/s1. The molecule has 2 N–H and O–H groups in total. The van der Waals surface area contributed by atoms with Crippen molar-refractivity contribution in [3.05, 3.63) is 20.8 Å². The summed E-state index contributed by atoms with van der Waals surface area (Å²) >= 11 is 4.67. The second-order valence-corrected chi connectivity index (χ2v) is 4.20. The van der Waals surface area contributed by atoms with Gasteiger partial charge in [0, 0.05) is 21.2 Å². The van der Waals surface area contributed by atoms with E-state index < -0.39 is 12.1 Å². The number of aliphatic hydroxyl groups is 1. The second-order valence-electron chi connectivity index (χ2n) is 2.29. The summed E-state index contributed by atoms with van der Waals surface area (Å²) in [6.45, 7) is 0. The third-order valence-corrected chi connectivity index (χ3v) is 3.02. The molecule has 1 rings (SSSR count). The van der Waals surface area contributed by atoms with Crippen LogP contribution in [0.25, 0.3) is 0 Å². The Morgan fingerprint density at radius 3 is 2.83 bits per heavy atom. The molecule has 5 heteroatoms. The van der Waals surface area contributed by atoms with Crippen LogP contribution in [0.4, 0.5) is 0 Å². The molecule has 0 unspecified atom stereocenters. The molecule has 1 atom stereocenters. The number of hydrogen-bond acceptors (Lipinski definition) is 3. The van der Waals surface area contributed by atoms with Crippen molar-refractivity contribution in [2.24, 2.45) is 0 Å². The average molecular weight is 251 g/mol. The minimum absolute atomic E-state index is 0.172. The van der Waals surface area contributed by atoms with Gasteiger partial charge in [-0.05, 0) is 22.0 Å².